The van der Waals surface area contributed by atoms with Gasteiger partial charge in [0.25, 0.3) is 0 Å². The van der Waals surface area contributed by atoms with E-state index in [2.05, 4.69) is 17.9 Å². The molecular weight excluding hydrogens is 395 g/mol. The minimum Gasteiger partial charge on any atom is -0.437 e. The van der Waals surface area contributed by atoms with Crippen LogP contribution in [0.2, 0.25) is 6.82 Å². The number of hydrogen-bond donors (Lipinski definition) is 5. The predicted molar refractivity (Wildman–Crippen MR) is 119 cm³/mol. The quantitative estimate of drug-likeness (QED) is 0.326. The van der Waals surface area contributed by atoms with Gasteiger partial charge in [0.2, 0.25) is 0 Å². The fraction of sp³-hybridized carbons (Fsp3) is 0.773. The van der Waals surface area contributed by atoms with Crippen LogP contribution in [0.3, 0.4) is 0 Å². The van der Waals surface area contributed by atoms with Crippen LogP contribution in [0.25, 0.3) is 0 Å². The highest BCUT2D eigenvalue weighted by Gasteiger charge is 2.27. The lowest BCUT2D eigenvalue weighted by Crippen LogP contribution is -2.41. The Bertz CT molecular complexity index is 599. The number of nitrogens with one attached hydrogen (secondary N) is 1. The normalized spacial score (nSPS) is 28.6. The van der Waals surface area contributed by atoms with E-state index in [1.54, 1.807) is 6.82 Å². The number of ketones is 1. The van der Waals surface area contributed by atoms with Gasteiger partial charge in [-0.3, -0.25) is 4.79 Å². The Morgan fingerprint density at radius 3 is 1.71 bits per heavy atom. The SMILES string of the molecule is C=C1CC(C#N)C1.CB(O)NCC1CC(O)C1.N#CC1CC(=O)C1.NCC1CC(O)C1. The number of carbonyl (C=O) groups excluding carboxylic acids is 1. The number of nitrogens with two attached hydrogens (primary N) is 1. The zero-order valence-corrected chi connectivity index (χ0v) is 18.5. The first-order valence-corrected chi connectivity index (χ1v) is 11.1. The van der Waals surface area contributed by atoms with Gasteiger partial charge in [0, 0.05) is 12.8 Å². The maximum Gasteiger partial charge on any atom is 0.373 e. The number of hydrogen-bond acceptors (Lipinski definition) is 8. The summed E-state index contributed by atoms with van der Waals surface area (Å²) in [4.78, 5) is 10.1. The highest BCUT2D eigenvalue weighted by molar-refractivity contribution is 6.45. The Labute approximate surface area is 186 Å². The van der Waals surface area contributed by atoms with Gasteiger partial charge in [-0.1, -0.05) is 12.2 Å². The van der Waals surface area contributed by atoms with Crippen LogP contribution in [0, 0.1) is 46.3 Å². The molecule has 0 bridgehead atoms. The number of nitriles is 2. The number of aliphatic hydroxyl groups is 2. The summed E-state index contributed by atoms with van der Waals surface area (Å²) in [6.45, 7) is 6.99. The average Bonchev–Trinajstić information content (AvgIpc) is 2.64. The third-order valence-electron chi connectivity index (χ3n) is 5.84. The fourth-order valence-corrected chi connectivity index (χ4v) is 3.41. The molecule has 0 aromatic rings. The van der Waals surface area contributed by atoms with Crippen LogP contribution in [0.4, 0.5) is 0 Å². The molecule has 0 spiro atoms. The first-order chi connectivity index (χ1) is 14.7. The Hall–Kier alpha value is -1.75. The molecule has 172 valence electrons. The van der Waals surface area contributed by atoms with Gasteiger partial charge in [-0.15, -0.1) is 0 Å². The third-order valence-corrected chi connectivity index (χ3v) is 5.84. The number of Topliss-reactive ketones (excluding diaryl/α,β-unsaturated/α-hetero) is 1. The zero-order valence-electron chi connectivity index (χ0n) is 18.5. The number of aliphatic hydroxyl groups excluding tert-OH is 2. The van der Waals surface area contributed by atoms with E-state index in [1.165, 1.54) is 5.57 Å². The Morgan fingerprint density at radius 1 is 1.03 bits per heavy atom. The van der Waals surface area contributed by atoms with Crippen molar-refractivity contribution in [3.63, 3.8) is 0 Å². The van der Waals surface area contributed by atoms with Crippen molar-refractivity contribution in [1.29, 1.82) is 10.5 Å². The van der Waals surface area contributed by atoms with Gasteiger partial charge in [0.05, 0.1) is 36.2 Å². The summed E-state index contributed by atoms with van der Waals surface area (Å²) in [5.41, 5.74) is 6.51. The van der Waals surface area contributed by atoms with Gasteiger partial charge in [0.1, 0.15) is 5.78 Å². The van der Waals surface area contributed by atoms with E-state index in [0.29, 0.717) is 30.6 Å². The van der Waals surface area contributed by atoms with E-state index < -0.39 is 7.05 Å². The molecule has 8 nitrogen and oxygen atoms in total. The first-order valence-electron chi connectivity index (χ1n) is 11.1. The number of allylic oxidation sites excluding steroid dienone is 1. The molecular formula is C22H37BN4O4. The summed E-state index contributed by atoms with van der Waals surface area (Å²) in [6, 6.07) is 4.18. The number of nitrogens with zero attached hydrogens (tertiary/aromatic N) is 2. The Kier molecular flexibility index (Phi) is 12.6. The molecule has 4 aliphatic rings. The standard InChI is InChI=1S/C6H14BNO2.C6H7N.C5H11NO.C5H5NO/c1-7(10)8-4-5-2-6(9)3-5;1-5-2-6(3-5)4-7;2*6-3-4-1-5(7)2-4/h5-6,8-10H,2-4H2,1H3;6H,1-3H2;4-5,7H,1-3,6H2;4H,1-2H2. The molecule has 9 heteroatoms. The van der Waals surface area contributed by atoms with Gasteiger partial charge in [0.15, 0.2) is 0 Å². The van der Waals surface area contributed by atoms with Gasteiger partial charge < -0.3 is 26.2 Å². The van der Waals surface area contributed by atoms with Crippen molar-refractivity contribution < 1.29 is 20.0 Å². The summed E-state index contributed by atoms with van der Waals surface area (Å²) in [6.07, 6.45) is 6.39. The lowest BCUT2D eigenvalue weighted by molar-refractivity contribution is -0.125. The number of carbonyl (C=O) groups is 1. The van der Waals surface area contributed by atoms with Gasteiger partial charge in [-0.25, -0.2) is 0 Å². The summed E-state index contributed by atoms with van der Waals surface area (Å²) < 4.78 is 0. The molecule has 31 heavy (non-hydrogen) atoms. The van der Waals surface area contributed by atoms with E-state index >= 15 is 0 Å². The van der Waals surface area contributed by atoms with Crippen LogP contribution < -0.4 is 11.0 Å². The minimum atomic E-state index is -0.419. The van der Waals surface area contributed by atoms with E-state index in [1.807, 2.05) is 6.07 Å². The molecule has 4 rings (SSSR count). The van der Waals surface area contributed by atoms with Gasteiger partial charge >= 0.3 is 7.05 Å². The topological polar surface area (TPSA) is 163 Å². The molecule has 0 unspecified atom stereocenters. The Morgan fingerprint density at radius 2 is 1.48 bits per heavy atom. The van der Waals surface area contributed by atoms with Crippen molar-refractivity contribution >= 4 is 12.8 Å². The molecule has 0 aliphatic heterocycles. The fourth-order valence-electron chi connectivity index (χ4n) is 3.41. The van der Waals surface area contributed by atoms with Crippen molar-refractivity contribution in [3.05, 3.63) is 12.2 Å². The average molecular weight is 432 g/mol. The summed E-state index contributed by atoms with van der Waals surface area (Å²) in [5, 5.41) is 45.6. The van der Waals surface area contributed by atoms with Crippen molar-refractivity contribution in [1.82, 2.24) is 5.23 Å². The summed E-state index contributed by atoms with van der Waals surface area (Å²) in [7, 11) is -0.419. The summed E-state index contributed by atoms with van der Waals surface area (Å²) >= 11 is 0. The van der Waals surface area contributed by atoms with Crippen LogP contribution in [-0.4, -0.2) is 53.4 Å². The highest BCUT2D eigenvalue weighted by atomic mass is 16.3. The highest BCUT2D eigenvalue weighted by Crippen LogP contribution is 2.30. The second-order valence-corrected chi connectivity index (χ2v) is 9.06. The van der Waals surface area contributed by atoms with Crippen molar-refractivity contribution in [2.45, 2.75) is 70.4 Å². The molecule has 0 atom stereocenters. The smallest absolute Gasteiger partial charge is 0.373 e. The van der Waals surface area contributed by atoms with E-state index in [-0.39, 0.29) is 23.9 Å². The molecule has 4 aliphatic carbocycles. The lowest BCUT2D eigenvalue weighted by Gasteiger charge is -2.31. The maximum atomic E-state index is 10.1. The number of rotatable bonds is 4. The first kappa shape index (κ1) is 27.3. The molecule has 4 saturated carbocycles. The lowest BCUT2D eigenvalue weighted by atomic mass is 9.80. The molecule has 0 aromatic carbocycles. The Balaban J connectivity index is 0.000000209. The molecule has 0 aromatic heterocycles. The second kappa shape index (κ2) is 14.3. The second-order valence-electron chi connectivity index (χ2n) is 9.06. The largest absolute Gasteiger partial charge is 0.437 e. The van der Waals surface area contributed by atoms with E-state index in [0.717, 1.165) is 51.6 Å². The molecule has 0 amide bonds. The zero-order chi connectivity index (χ0) is 23.4. The van der Waals surface area contributed by atoms with E-state index in [9.17, 15) is 4.79 Å². The van der Waals surface area contributed by atoms with Crippen LogP contribution >= 0.6 is 0 Å². The van der Waals surface area contributed by atoms with Crippen molar-refractivity contribution in [2.24, 2.45) is 29.4 Å². The third kappa shape index (κ3) is 11.4. The van der Waals surface area contributed by atoms with E-state index in [4.69, 9.17) is 31.5 Å². The van der Waals surface area contributed by atoms with Crippen molar-refractivity contribution in [2.75, 3.05) is 13.1 Å². The van der Waals surface area contributed by atoms with Crippen LogP contribution in [0.5, 0.6) is 0 Å². The monoisotopic (exact) mass is 432 g/mol. The molecule has 6 N–H and O–H groups in total. The van der Waals surface area contributed by atoms with Gasteiger partial charge in [-0.05, 0) is 70.3 Å². The molecule has 0 radical (unpaired) electrons. The maximum absolute atomic E-state index is 10.1. The molecule has 0 saturated heterocycles. The molecule has 0 heterocycles. The van der Waals surface area contributed by atoms with Crippen molar-refractivity contribution in [3.8, 4) is 12.1 Å². The van der Waals surface area contributed by atoms with Crippen LogP contribution in [-0.2, 0) is 4.79 Å². The predicted octanol–water partition coefficient (Wildman–Crippen LogP) is 1.14. The van der Waals surface area contributed by atoms with Crippen LogP contribution in [0.1, 0.15) is 51.4 Å². The summed E-state index contributed by atoms with van der Waals surface area (Å²) in [5.74, 6) is 1.77. The van der Waals surface area contributed by atoms with Crippen LogP contribution in [0.15, 0.2) is 12.2 Å². The van der Waals surface area contributed by atoms with Gasteiger partial charge in [-0.2, -0.15) is 10.5 Å². The minimum absolute atomic E-state index is 0.0338. The molecule has 4 fully saturated rings.